The Labute approximate surface area is 294 Å². The van der Waals surface area contributed by atoms with Gasteiger partial charge in [0.2, 0.25) is 0 Å². The molecular weight excluding hydrogens is 621 g/mol. The number of benzene rings is 7. The largest absolute Gasteiger partial charge is 0.309 e. The van der Waals surface area contributed by atoms with Crippen molar-refractivity contribution in [3.8, 4) is 22.5 Å². The van der Waals surface area contributed by atoms with Crippen molar-refractivity contribution in [2.45, 2.75) is 6.92 Å². The number of hydrogen-bond acceptors (Lipinski definition) is 2. The fourth-order valence-corrected chi connectivity index (χ4v) is 8.15. The summed E-state index contributed by atoms with van der Waals surface area (Å²) in [6.07, 6.45) is 4.11. The summed E-state index contributed by atoms with van der Waals surface area (Å²) in [5.74, 6) is 0. The molecule has 10 rings (SSSR count). The van der Waals surface area contributed by atoms with Gasteiger partial charge in [0.15, 0.2) is 0 Å². The zero-order valence-electron chi connectivity index (χ0n) is 28.1. The third-order valence-corrected chi connectivity index (χ3v) is 10.2. The van der Waals surface area contributed by atoms with Crippen LogP contribution in [0.15, 0.2) is 163 Å². The molecule has 7 aromatic carbocycles. The number of pyridine rings is 1. The van der Waals surface area contributed by atoms with E-state index in [1.807, 2.05) is 13.0 Å². The molecule has 0 fully saturated rings. The average Bonchev–Trinajstić information content (AvgIpc) is 3.70. The SMILES string of the molecule is C=Nc1c(/C=C\C)ccc2c(-c3cc(-n4c5ccccc5c5ccccc54)cc(-n4c5ccccc5c5ccccc54)c3)c3ccccc3nc12. The molecule has 0 unspecified atom stereocenters. The van der Waals surface area contributed by atoms with E-state index in [9.17, 15) is 0 Å². The second-order valence-corrected chi connectivity index (χ2v) is 13.0. The molecule has 4 nitrogen and oxygen atoms in total. The van der Waals surface area contributed by atoms with Crippen LogP contribution in [-0.4, -0.2) is 20.8 Å². The molecule has 51 heavy (non-hydrogen) atoms. The van der Waals surface area contributed by atoms with E-state index in [-0.39, 0.29) is 0 Å². The Balaban J connectivity index is 1.39. The van der Waals surface area contributed by atoms with E-state index in [4.69, 9.17) is 4.98 Å². The standard InChI is InChI=1S/C47H32N4/c1-3-14-30-25-26-39-45(38-19-4-9-20-40(38)49-47(39)46(30)48-2)31-27-32(50-41-21-10-5-15-34(41)35-16-6-11-22-42(35)50)29-33(28-31)51-43-23-12-7-17-36(43)37-18-8-13-24-44(37)51/h3-29H,2H2,1H3/b14-3-. The van der Waals surface area contributed by atoms with E-state index in [1.54, 1.807) is 0 Å². The van der Waals surface area contributed by atoms with Crippen LogP contribution in [0.5, 0.6) is 0 Å². The molecule has 0 aliphatic rings. The van der Waals surface area contributed by atoms with Crippen molar-refractivity contribution >= 4 is 83.9 Å². The highest BCUT2D eigenvalue weighted by atomic mass is 15.0. The van der Waals surface area contributed by atoms with Crippen LogP contribution >= 0.6 is 0 Å². The van der Waals surface area contributed by atoms with Gasteiger partial charge in [-0.15, -0.1) is 0 Å². The number of hydrogen-bond donors (Lipinski definition) is 0. The van der Waals surface area contributed by atoms with Gasteiger partial charge >= 0.3 is 0 Å². The second kappa shape index (κ2) is 11.4. The summed E-state index contributed by atoms with van der Waals surface area (Å²) in [7, 11) is 0. The van der Waals surface area contributed by atoms with Crippen LogP contribution in [0.25, 0.3) is 94.0 Å². The number of nitrogens with zero attached hydrogens (tertiary/aromatic N) is 4. The molecule has 0 saturated heterocycles. The monoisotopic (exact) mass is 652 g/mol. The van der Waals surface area contributed by atoms with E-state index in [1.165, 1.54) is 43.6 Å². The molecule has 0 radical (unpaired) electrons. The number of para-hydroxylation sites is 5. The summed E-state index contributed by atoms with van der Waals surface area (Å²) in [6.45, 7) is 6.01. The van der Waals surface area contributed by atoms with Gasteiger partial charge in [-0.05, 0) is 67.7 Å². The number of rotatable bonds is 5. The zero-order chi connectivity index (χ0) is 34.1. The fourth-order valence-electron chi connectivity index (χ4n) is 8.15. The molecule has 0 saturated carbocycles. The van der Waals surface area contributed by atoms with Gasteiger partial charge in [-0.1, -0.05) is 115 Å². The molecule has 0 amide bonds. The smallest absolute Gasteiger partial charge is 0.0978 e. The molecule has 0 atom stereocenters. The van der Waals surface area contributed by atoms with Crippen LogP contribution in [0.4, 0.5) is 5.69 Å². The van der Waals surface area contributed by atoms with Crippen molar-refractivity contribution in [3.63, 3.8) is 0 Å². The van der Waals surface area contributed by atoms with Crippen LogP contribution in [0.3, 0.4) is 0 Å². The maximum Gasteiger partial charge on any atom is 0.0978 e. The van der Waals surface area contributed by atoms with E-state index >= 15 is 0 Å². The highest BCUT2D eigenvalue weighted by molar-refractivity contribution is 6.15. The Hall–Kier alpha value is -6.78. The normalized spacial score (nSPS) is 12.0. The van der Waals surface area contributed by atoms with E-state index in [0.717, 1.165) is 55.6 Å². The number of allylic oxidation sites excluding steroid dienone is 1. The Morgan fingerprint density at radius 3 is 1.49 bits per heavy atom. The Kier molecular flexibility index (Phi) is 6.52. The Morgan fingerprint density at radius 1 is 0.529 bits per heavy atom. The predicted molar refractivity (Wildman–Crippen MR) is 217 cm³/mol. The molecule has 0 N–H and O–H groups in total. The summed E-state index contributed by atoms with van der Waals surface area (Å²) in [5.41, 5.74) is 12.6. The first kappa shape index (κ1) is 29.2. The fraction of sp³-hybridized carbons (Fsp3) is 0.0213. The lowest BCUT2D eigenvalue weighted by Crippen LogP contribution is -2.01. The lowest BCUT2D eigenvalue weighted by Gasteiger charge is -2.18. The first-order valence-corrected chi connectivity index (χ1v) is 17.3. The lowest BCUT2D eigenvalue weighted by atomic mass is 9.93. The topological polar surface area (TPSA) is 35.1 Å². The minimum atomic E-state index is 0.791. The molecule has 10 aromatic rings. The minimum absolute atomic E-state index is 0.791. The van der Waals surface area contributed by atoms with Crippen LogP contribution in [0.1, 0.15) is 12.5 Å². The highest BCUT2D eigenvalue weighted by Gasteiger charge is 2.20. The van der Waals surface area contributed by atoms with Gasteiger partial charge in [-0.2, -0.15) is 0 Å². The number of aromatic nitrogens is 3. The van der Waals surface area contributed by atoms with Gasteiger partial charge in [0.1, 0.15) is 0 Å². The third kappa shape index (κ3) is 4.33. The number of aliphatic imine (C=N–C) groups is 1. The molecule has 4 heteroatoms. The quantitative estimate of drug-likeness (QED) is 0.135. The molecule has 3 aromatic heterocycles. The van der Waals surface area contributed by atoms with Gasteiger partial charge in [0.25, 0.3) is 0 Å². The maximum absolute atomic E-state index is 5.21. The molecule has 0 spiro atoms. The van der Waals surface area contributed by atoms with Crippen LogP contribution in [0, 0.1) is 0 Å². The van der Waals surface area contributed by atoms with Crippen LogP contribution in [0.2, 0.25) is 0 Å². The van der Waals surface area contributed by atoms with Crippen molar-refractivity contribution in [1.29, 1.82) is 0 Å². The summed E-state index contributed by atoms with van der Waals surface area (Å²) >= 11 is 0. The average molecular weight is 653 g/mol. The van der Waals surface area contributed by atoms with Gasteiger partial charge in [0, 0.05) is 54.8 Å². The van der Waals surface area contributed by atoms with E-state index in [0.29, 0.717) is 0 Å². The predicted octanol–water partition coefficient (Wildman–Crippen LogP) is 12.6. The van der Waals surface area contributed by atoms with Crippen LogP contribution in [-0.2, 0) is 0 Å². The molecule has 0 bridgehead atoms. The highest BCUT2D eigenvalue weighted by Crippen LogP contribution is 2.43. The first-order valence-electron chi connectivity index (χ1n) is 17.3. The van der Waals surface area contributed by atoms with Crippen molar-refractivity contribution in [3.05, 3.63) is 163 Å². The van der Waals surface area contributed by atoms with Crippen molar-refractivity contribution in [1.82, 2.24) is 14.1 Å². The summed E-state index contributed by atoms with van der Waals surface area (Å²) in [6, 6.07) is 54.6. The van der Waals surface area contributed by atoms with E-state index < -0.39 is 0 Å². The summed E-state index contributed by atoms with van der Waals surface area (Å²) < 4.78 is 4.83. The Morgan fingerprint density at radius 2 is 1.00 bits per heavy atom. The lowest BCUT2D eigenvalue weighted by molar-refractivity contribution is 1.13. The summed E-state index contributed by atoms with van der Waals surface area (Å²) in [5, 5.41) is 7.05. The van der Waals surface area contributed by atoms with Gasteiger partial charge in [-0.3, -0.25) is 4.99 Å². The first-order chi connectivity index (χ1) is 25.2. The van der Waals surface area contributed by atoms with Crippen LogP contribution < -0.4 is 0 Å². The van der Waals surface area contributed by atoms with Gasteiger partial charge in [0.05, 0.1) is 38.8 Å². The third-order valence-electron chi connectivity index (χ3n) is 10.2. The second-order valence-electron chi connectivity index (χ2n) is 13.0. The molecule has 240 valence electrons. The zero-order valence-corrected chi connectivity index (χ0v) is 28.1. The van der Waals surface area contributed by atoms with Crippen molar-refractivity contribution in [2.24, 2.45) is 4.99 Å². The Bertz CT molecular complexity index is 2830. The minimum Gasteiger partial charge on any atom is -0.309 e. The van der Waals surface area contributed by atoms with Gasteiger partial charge < -0.3 is 9.13 Å². The van der Waals surface area contributed by atoms with Crippen molar-refractivity contribution < 1.29 is 0 Å². The number of fused-ring (bicyclic) bond motifs is 8. The molecule has 0 aliphatic carbocycles. The molecule has 3 heterocycles. The maximum atomic E-state index is 5.21. The summed E-state index contributed by atoms with van der Waals surface area (Å²) in [4.78, 5) is 9.75. The van der Waals surface area contributed by atoms with Gasteiger partial charge in [-0.25, -0.2) is 4.98 Å². The van der Waals surface area contributed by atoms with E-state index in [2.05, 4.69) is 179 Å². The van der Waals surface area contributed by atoms with Crippen molar-refractivity contribution in [2.75, 3.05) is 0 Å². The molecule has 0 aliphatic heterocycles. The molecular formula is C47H32N4.